The average Bonchev–Trinajstić information content (AvgIpc) is 3.41. The molecule has 0 N–H and O–H groups in total. The molecule has 1 atom stereocenters. The van der Waals surface area contributed by atoms with Gasteiger partial charge in [-0.15, -0.1) is 0 Å². The van der Waals surface area contributed by atoms with Gasteiger partial charge in [0, 0.05) is 19.0 Å². The van der Waals surface area contributed by atoms with Crippen molar-refractivity contribution >= 4 is 17.5 Å². The zero-order valence-electron chi connectivity index (χ0n) is 16.2. The van der Waals surface area contributed by atoms with Crippen LogP contribution in [0.4, 0.5) is 4.39 Å². The Hall–Kier alpha value is -2.67. The number of halogens is 2. The van der Waals surface area contributed by atoms with Crippen LogP contribution in [0.2, 0.25) is 5.02 Å². The Balaban J connectivity index is 1.70. The lowest BCUT2D eigenvalue weighted by Gasteiger charge is -2.23. The number of hydrogen-bond donors (Lipinski definition) is 0. The summed E-state index contributed by atoms with van der Waals surface area (Å²) in [6.07, 6.45) is 3.37. The lowest BCUT2D eigenvalue weighted by atomic mass is 10.0. The van der Waals surface area contributed by atoms with E-state index in [1.165, 1.54) is 12.1 Å². The van der Waals surface area contributed by atoms with Gasteiger partial charge in [-0.1, -0.05) is 34.9 Å². The summed E-state index contributed by atoms with van der Waals surface area (Å²) in [7, 11) is 0. The average molecular weight is 418 g/mol. The Morgan fingerprint density at radius 3 is 2.93 bits per heavy atom. The van der Waals surface area contributed by atoms with E-state index in [0.29, 0.717) is 12.3 Å². The number of benzene rings is 1. The van der Waals surface area contributed by atoms with Crippen molar-refractivity contribution in [3.05, 3.63) is 57.9 Å². The minimum absolute atomic E-state index is 0.0665. The van der Waals surface area contributed by atoms with Crippen LogP contribution in [-0.2, 0) is 6.42 Å². The van der Waals surface area contributed by atoms with Crippen LogP contribution in [0.25, 0.3) is 11.3 Å². The number of aromatic nitrogens is 2. The summed E-state index contributed by atoms with van der Waals surface area (Å²) in [6, 6.07) is 6.05. The lowest BCUT2D eigenvalue weighted by Crippen LogP contribution is -2.31. The number of carbonyl (C=O) groups is 1. The lowest BCUT2D eigenvalue weighted by molar-refractivity contribution is 0.0729. The molecule has 0 spiro atoms. The van der Waals surface area contributed by atoms with Gasteiger partial charge in [0.2, 0.25) is 0 Å². The summed E-state index contributed by atoms with van der Waals surface area (Å²) >= 11 is 6.20. The molecule has 1 aliphatic rings. The smallest absolute Gasteiger partial charge is 0.260 e. The standard InChI is InChI=1S/C21H21ClFN3O3/c1-3-6-13-11-16(24-29-13)17-9-5-10-26(17)21(27)18-12(2)28-25-20(18)19-14(22)7-4-8-15(19)23/h4,7-8,11,17H,3,5-6,9-10H2,1-2H3. The highest BCUT2D eigenvalue weighted by Gasteiger charge is 2.36. The van der Waals surface area contributed by atoms with Gasteiger partial charge >= 0.3 is 0 Å². The van der Waals surface area contributed by atoms with E-state index in [9.17, 15) is 9.18 Å². The maximum atomic E-state index is 14.5. The molecule has 6 nitrogen and oxygen atoms in total. The summed E-state index contributed by atoms with van der Waals surface area (Å²) in [5, 5.41) is 8.29. The number of amides is 1. The third-order valence-corrected chi connectivity index (χ3v) is 5.52. The minimum atomic E-state index is -0.557. The van der Waals surface area contributed by atoms with Crippen molar-refractivity contribution in [2.24, 2.45) is 0 Å². The van der Waals surface area contributed by atoms with E-state index in [-0.39, 0.29) is 33.8 Å². The van der Waals surface area contributed by atoms with E-state index in [2.05, 4.69) is 17.2 Å². The SMILES string of the molecule is CCCc1cc(C2CCCN2C(=O)c2c(-c3c(F)cccc3Cl)noc2C)no1. The molecule has 152 valence electrons. The third-order valence-electron chi connectivity index (χ3n) is 5.20. The Morgan fingerprint density at radius 1 is 1.34 bits per heavy atom. The molecular formula is C21H21ClFN3O3. The monoisotopic (exact) mass is 417 g/mol. The maximum Gasteiger partial charge on any atom is 0.260 e. The zero-order valence-corrected chi connectivity index (χ0v) is 17.0. The van der Waals surface area contributed by atoms with Gasteiger partial charge in [0.25, 0.3) is 5.91 Å². The summed E-state index contributed by atoms with van der Waals surface area (Å²) in [6.45, 7) is 4.27. The first-order chi connectivity index (χ1) is 14.0. The number of aryl methyl sites for hydroxylation is 2. The Bertz CT molecular complexity index is 1030. The second-order valence-electron chi connectivity index (χ2n) is 7.18. The molecule has 29 heavy (non-hydrogen) atoms. The van der Waals surface area contributed by atoms with E-state index in [4.69, 9.17) is 20.6 Å². The van der Waals surface area contributed by atoms with Crippen LogP contribution >= 0.6 is 11.6 Å². The molecule has 0 aliphatic carbocycles. The van der Waals surface area contributed by atoms with Crippen LogP contribution in [0.15, 0.2) is 33.3 Å². The van der Waals surface area contributed by atoms with E-state index < -0.39 is 5.82 Å². The number of nitrogens with zero attached hydrogens (tertiary/aromatic N) is 3. The van der Waals surface area contributed by atoms with E-state index in [1.54, 1.807) is 17.9 Å². The molecule has 0 saturated carbocycles. The summed E-state index contributed by atoms with van der Waals surface area (Å²) in [4.78, 5) is 15.2. The number of hydrogen-bond acceptors (Lipinski definition) is 5. The number of carbonyl (C=O) groups excluding carboxylic acids is 1. The molecule has 1 fully saturated rings. The van der Waals surface area contributed by atoms with E-state index >= 15 is 0 Å². The third kappa shape index (κ3) is 3.55. The largest absolute Gasteiger partial charge is 0.361 e. The van der Waals surface area contributed by atoms with Gasteiger partial charge in [-0.25, -0.2) is 4.39 Å². The van der Waals surface area contributed by atoms with Crippen molar-refractivity contribution in [3.8, 4) is 11.3 Å². The van der Waals surface area contributed by atoms with Crippen molar-refractivity contribution in [3.63, 3.8) is 0 Å². The predicted octanol–water partition coefficient (Wildman–Crippen LogP) is 5.36. The molecule has 1 aromatic carbocycles. The normalized spacial score (nSPS) is 16.6. The molecule has 1 unspecified atom stereocenters. The van der Waals surface area contributed by atoms with Gasteiger partial charge < -0.3 is 13.9 Å². The Morgan fingerprint density at radius 2 is 2.17 bits per heavy atom. The fourth-order valence-corrected chi connectivity index (χ4v) is 4.08. The number of rotatable bonds is 5. The molecule has 4 rings (SSSR count). The first kappa shape index (κ1) is 19.6. The van der Waals surface area contributed by atoms with E-state index in [1.807, 2.05) is 6.07 Å². The van der Waals surface area contributed by atoms with Crippen LogP contribution in [0.3, 0.4) is 0 Å². The molecule has 0 bridgehead atoms. The van der Waals surface area contributed by atoms with Gasteiger partial charge in [0.1, 0.15) is 34.3 Å². The molecule has 8 heteroatoms. The van der Waals surface area contributed by atoms with Crippen molar-refractivity contribution in [1.82, 2.24) is 15.2 Å². The first-order valence-electron chi connectivity index (χ1n) is 9.68. The van der Waals surface area contributed by atoms with Gasteiger partial charge in [-0.2, -0.15) is 0 Å². The highest BCUT2D eigenvalue weighted by atomic mass is 35.5. The van der Waals surface area contributed by atoms with Crippen molar-refractivity contribution < 1.29 is 18.2 Å². The minimum Gasteiger partial charge on any atom is -0.361 e. The quantitative estimate of drug-likeness (QED) is 0.558. The molecular weight excluding hydrogens is 397 g/mol. The van der Waals surface area contributed by atoms with Crippen LogP contribution in [-0.4, -0.2) is 27.7 Å². The molecule has 3 aromatic rings. The van der Waals surface area contributed by atoms with Gasteiger partial charge in [0.15, 0.2) is 0 Å². The van der Waals surface area contributed by atoms with Crippen molar-refractivity contribution in [2.75, 3.05) is 6.54 Å². The summed E-state index contributed by atoms with van der Waals surface area (Å²) in [5.41, 5.74) is 1.14. The summed E-state index contributed by atoms with van der Waals surface area (Å²) < 4.78 is 25.1. The second kappa shape index (κ2) is 7.99. The van der Waals surface area contributed by atoms with Crippen LogP contribution in [0.5, 0.6) is 0 Å². The fraction of sp³-hybridized carbons (Fsp3) is 0.381. The first-order valence-corrected chi connectivity index (χ1v) is 10.1. The highest BCUT2D eigenvalue weighted by Crippen LogP contribution is 2.38. The maximum absolute atomic E-state index is 14.5. The van der Waals surface area contributed by atoms with Crippen LogP contribution in [0.1, 0.15) is 59.8 Å². The van der Waals surface area contributed by atoms with Crippen molar-refractivity contribution in [2.45, 2.75) is 45.6 Å². The fourth-order valence-electron chi connectivity index (χ4n) is 3.83. The zero-order chi connectivity index (χ0) is 20.5. The molecule has 1 saturated heterocycles. The molecule has 3 heterocycles. The molecule has 1 amide bonds. The second-order valence-corrected chi connectivity index (χ2v) is 7.59. The van der Waals surface area contributed by atoms with Gasteiger partial charge in [-0.3, -0.25) is 4.79 Å². The Labute approximate surface area is 172 Å². The van der Waals surface area contributed by atoms with Crippen molar-refractivity contribution in [1.29, 1.82) is 0 Å². The van der Waals surface area contributed by atoms with Crippen LogP contribution in [0, 0.1) is 12.7 Å². The van der Waals surface area contributed by atoms with Gasteiger partial charge in [-0.05, 0) is 38.3 Å². The molecule has 2 aromatic heterocycles. The van der Waals surface area contributed by atoms with Gasteiger partial charge in [0.05, 0.1) is 16.6 Å². The molecule has 1 aliphatic heterocycles. The molecule has 0 radical (unpaired) electrons. The number of likely N-dealkylation sites (tertiary alicyclic amines) is 1. The predicted molar refractivity (Wildman–Crippen MR) is 105 cm³/mol. The summed E-state index contributed by atoms with van der Waals surface area (Å²) in [5.74, 6) is 0.294. The van der Waals surface area contributed by atoms with Crippen LogP contribution < -0.4 is 0 Å². The highest BCUT2D eigenvalue weighted by molar-refractivity contribution is 6.33. The topological polar surface area (TPSA) is 72.4 Å². The van der Waals surface area contributed by atoms with E-state index in [0.717, 1.165) is 37.1 Å². The Kier molecular flexibility index (Phi) is 5.41.